The van der Waals surface area contributed by atoms with Crippen molar-refractivity contribution >= 4 is 13.7 Å². The van der Waals surface area contributed by atoms with E-state index in [-0.39, 0.29) is 25.7 Å². The first-order valence-electron chi connectivity index (χ1n) is 13.8. The maximum Gasteiger partial charge on any atom is 0.268 e. The molecule has 0 rings (SSSR count). The van der Waals surface area contributed by atoms with E-state index < -0.39 is 13.9 Å². The molecule has 9 heteroatoms. The molecule has 1 amide bonds. The van der Waals surface area contributed by atoms with E-state index in [0.29, 0.717) is 17.6 Å². The highest BCUT2D eigenvalue weighted by atomic mass is 31.2. The number of amides is 1. The Kier molecular flexibility index (Phi) is 21.3. The molecule has 2 atom stereocenters. The number of carbonyl (C=O) groups is 1. The Morgan fingerprint density at radius 2 is 1.34 bits per heavy atom. The predicted molar refractivity (Wildman–Crippen MR) is 141 cm³/mol. The van der Waals surface area contributed by atoms with Crippen LogP contribution in [0.2, 0.25) is 0 Å². The number of quaternary nitrogens is 1. The van der Waals surface area contributed by atoms with Crippen LogP contribution in [0.3, 0.4) is 0 Å². The molecule has 0 aliphatic heterocycles. The maximum absolute atomic E-state index is 12.2. The van der Waals surface area contributed by atoms with Gasteiger partial charge in [-0.3, -0.25) is 9.36 Å². The molecule has 0 aromatic heterocycles. The quantitative estimate of drug-likeness (QED) is 0.101. The molecule has 2 unspecified atom stereocenters. The van der Waals surface area contributed by atoms with Crippen LogP contribution in [0.1, 0.15) is 104 Å². The summed E-state index contributed by atoms with van der Waals surface area (Å²) < 4.78 is 28.5. The minimum absolute atomic E-state index is 0.0387. The lowest BCUT2D eigenvalue weighted by molar-refractivity contribution is -0.870. The molecule has 0 aromatic carbocycles. The van der Waals surface area contributed by atoms with Crippen molar-refractivity contribution in [2.45, 2.75) is 110 Å². The van der Waals surface area contributed by atoms with Gasteiger partial charge in [0.25, 0.3) is 7.82 Å². The molecular formula is C26H55N2O6P. The lowest BCUT2D eigenvalue weighted by atomic mass is 10.0. The molecule has 35 heavy (non-hydrogen) atoms. The number of carbonyl (C=O) groups excluding carboxylic acids is 1. The SMILES string of the molecule is CCCCCCCCCCCCCCCCOCC(CNC(C)=O)OP(=O)([O-])OCC[N+](C)(C)C. The van der Waals surface area contributed by atoms with Crippen molar-refractivity contribution in [2.24, 2.45) is 0 Å². The lowest BCUT2D eigenvalue weighted by Gasteiger charge is -2.30. The first-order chi connectivity index (χ1) is 16.6. The first kappa shape index (κ1) is 34.5. The topological polar surface area (TPSA) is 96.9 Å². The van der Waals surface area contributed by atoms with Crippen molar-refractivity contribution in [3.63, 3.8) is 0 Å². The van der Waals surface area contributed by atoms with Crippen LogP contribution in [0.15, 0.2) is 0 Å². The van der Waals surface area contributed by atoms with E-state index in [1.54, 1.807) is 0 Å². The van der Waals surface area contributed by atoms with E-state index in [1.165, 1.54) is 84.0 Å². The van der Waals surface area contributed by atoms with Crippen molar-refractivity contribution in [3.05, 3.63) is 0 Å². The zero-order valence-corrected chi connectivity index (χ0v) is 24.3. The van der Waals surface area contributed by atoms with Crippen molar-refractivity contribution in [1.82, 2.24) is 5.32 Å². The van der Waals surface area contributed by atoms with E-state index in [0.717, 1.165) is 12.8 Å². The fraction of sp³-hybridized carbons (Fsp3) is 0.962. The van der Waals surface area contributed by atoms with Gasteiger partial charge < -0.3 is 28.5 Å². The summed E-state index contributed by atoms with van der Waals surface area (Å²) in [6.07, 6.45) is 17.3. The normalized spacial score (nSPS) is 14.6. The summed E-state index contributed by atoms with van der Waals surface area (Å²) in [5.41, 5.74) is 0. The number of hydrogen-bond donors (Lipinski definition) is 1. The molecule has 0 saturated carbocycles. The monoisotopic (exact) mass is 522 g/mol. The fourth-order valence-electron chi connectivity index (χ4n) is 3.64. The molecule has 0 fully saturated rings. The van der Waals surface area contributed by atoms with E-state index in [9.17, 15) is 14.3 Å². The summed E-state index contributed by atoms with van der Waals surface area (Å²) in [6.45, 7) is 4.89. The second-order valence-corrected chi connectivity index (χ2v) is 12.0. The highest BCUT2D eigenvalue weighted by Gasteiger charge is 2.20. The van der Waals surface area contributed by atoms with Gasteiger partial charge in [0.2, 0.25) is 5.91 Å². The highest BCUT2D eigenvalue weighted by molar-refractivity contribution is 7.45. The molecule has 0 saturated heterocycles. The third-order valence-corrected chi connectivity index (χ3v) is 6.87. The maximum atomic E-state index is 12.2. The standard InChI is InChI=1S/C26H55N2O6P/c1-6-7-8-9-10-11-12-13-14-15-16-17-18-19-21-32-24-26(23-27-25(2)29)34-35(30,31)33-22-20-28(3,4)5/h26H,6-24H2,1-5H3,(H-,27,29,30,31). The van der Waals surface area contributed by atoms with Crippen LogP contribution in [-0.4, -0.2) is 70.5 Å². The number of nitrogens with one attached hydrogen (secondary N) is 1. The summed E-state index contributed by atoms with van der Waals surface area (Å²) in [5.74, 6) is -0.253. The van der Waals surface area contributed by atoms with E-state index >= 15 is 0 Å². The van der Waals surface area contributed by atoms with Gasteiger partial charge in [-0.15, -0.1) is 0 Å². The van der Waals surface area contributed by atoms with Crippen LogP contribution >= 0.6 is 7.82 Å². The van der Waals surface area contributed by atoms with Gasteiger partial charge in [0.1, 0.15) is 19.3 Å². The molecule has 8 nitrogen and oxygen atoms in total. The zero-order chi connectivity index (χ0) is 26.4. The van der Waals surface area contributed by atoms with Crippen LogP contribution in [0.25, 0.3) is 0 Å². The van der Waals surface area contributed by atoms with Crippen molar-refractivity contribution in [2.75, 3.05) is 54.1 Å². The summed E-state index contributed by atoms with van der Waals surface area (Å²) in [6, 6.07) is 0. The van der Waals surface area contributed by atoms with Gasteiger partial charge in [-0.1, -0.05) is 90.4 Å². The third kappa shape index (κ3) is 26.4. The van der Waals surface area contributed by atoms with Crippen molar-refractivity contribution < 1.29 is 32.5 Å². The number of ether oxygens (including phenoxy) is 1. The average Bonchev–Trinajstić information content (AvgIpc) is 2.75. The molecule has 0 bridgehead atoms. The summed E-state index contributed by atoms with van der Waals surface area (Å²) in [7, 11) is 1.37. The number of rotatable bonds is 25. The number of likely N-dealkylation sites (N-methyl/N-ethyl adjacent to an activating group) is 1. The van der Waals surface area contributed by atoms with Crippen LogP contribution in [0.5, 0.6) is 0 Å². The fourth-order valence-corrected chi connectivity index (χ4v) is 4.50. The van der Waals surface area contributed by atoms with Gasteiger partial charge >= 0.3 is 0 Å². The molecule has 0 heterocycles. The molecule has 0 spiro atoms. The number of hydrogen-bond acceptors (Lipinski definition) is 6. The minimum atomic E-state index is -4.48. The number of phosphoric ester groups is 1. The molecule has 210 valence electrons. The van der Waals surface area contributed by atoms with Crippen molar-refractivity contribution in [3.8, 4) is 0 Å². The molecular weight excluding hydrogens is 467 g/mol. The van der Waals surface area contributed by atoms with E-state index in [2.05, 4.69) is 12.2 Å². The number of phosphoric acid groups is 1. The third-order valence-electron chi connectivity index (χ3n) is 5.81. The van der Waals surface area contributed by atoms with Gasteiger partial charge in [-0.2, -0.15) is 0 Å². The van der Waals surface area contributed by atoms with Gasteiger partial charge in [0.05, 0.1) is 27.7 Å². The highest BCUT2D eigenvalue weighted by Crippen LogP contribution is 2.39. The van der Waals surface area contributed by atoms with Crippen molar-refractivity contribution in [1.29, 1.82) is 0 Å². The second kappa shape index (κ2) is 21.6. The molecule has 0 radical (unpaired) electrons. The Bertz CT molecular complexity index is 556. The Hall–Kier alpha value is -0.500. The largest absolute Gasteiger partial charge is 0.756 e. The predicted octanol–water partition coefficient (Wildman–Crippen LogP) is 5.20. The summed E-state index contributed by atoms with van der Waals surface area (Å²) in [5, 5.41) is 2.59. The summed E-state index contributed by atoms with van der Waals surface area (Å²) in [4.78, 5) is 23.4. The van der Waals surface area contributed by atoms with Gasteiger partial charge in [-0.25, -0.2) is 0 Å². The lowest BCUT2D eigenvalue weighted by Crippen LogP contribution is -2.38. The average molecular weight is 523 g/mol. The zero-order valence-electron chi connectivity index (χ0n) is 23.4. The molecule has 0 aliphatic carbocycles. The van der Waals surface area contributed by atoms with E-state index in [4.69, 9.17) is 13.8 Å². The van der Waals surface area contributed by atoms with Crippen LogP contribution in [-0.2, 0) is 23.1 Å². The Morgan fingerprint density at radius 3 is 1.80 bits per heavy atom. The molecule has 0 aliphatic rings. The molecule has 1 N–H and O–H groups in total. The van der Waals surface area contributed by atoms with E-state index in [1.807, 2.05) is 21.1 Å². The second-order valence-electron chi connectivity index (χ2n) is 10.6. The smallest absolute Gasteiger partial charge is 0.268 e. The molecule has 0 aromatic rings. The summed E-state index contributed by atoms with van der Waals surface area (Å²) >= 11 is 0. The van der Waals surface area contributed by atoms with Crippen LogP contribution < -0.4 is 10.2 Å². The van der Waals surface area contributed by atoms with Crippen LogP contribution in [0.4, 0.5) is 0 Å². The minimum Gasteiger partial charge on any atom is -0.756 e. The number of nitrogens with zero attached hydrogens (tertiary/aromatic N) is 1. The Balaban J connectivity index is 3.87. The first-order valence-corrected chi connectivity index (χ1v) is 15.3. The Labute approximate surface area is 215 Å². The number of unbranched alkanes of at least 4 members (excludes halogenated alkanes) is 13. The van der Waals surface area contributed by atoms with Gasteiger partial charge in [0, 0.05) is 20.1 Å². The van der Waals surface area contributed by atoms with Gasteiger partial charge in [-0.05, 0) is 6.42 Å². The van der Waals surface area contributed by atoms with Gasteiger partial charge in [0.15, 0.2) is 0 Å². The van der Waals surface area contributed by atoms with Crippen LogP contribution in [0, 0.1) is 0 Å². The Morgan fingerprint density at radius 1 is 0.857 bits per heavy atom.